The van der Waals surface area contributed by atoms with Crippen LogP contribution in [-0.2, 0) is 4.74 Å². The molecule has 0 saturated carbocycles. The Morgan fingerprint density at radius 1 is 1.38 bits per heavy atom. The van der Waals surface area contributed by atoms with Crippen molar-refractivity contribution in [2.75, 3.05) is 18.9 Å². The van der Waals surface area contributed by atoms with Gasteiger partial charge in [0.2, 0.25) is 5.28 Å². The molecule has 0 unspecified atom stereocenters. The van der Waals surface area contributed by atoms with Crippen LogP contribution in [0.25, 0.3) is 0 Å². The Labute approximate surface area is 104 Å². The third-order valence-electron chi connectivity index (χ3n) is 2.52. The molecule has 0 amide bonds. The molecule has 88 valence electrons. The number of hydrogen-bond acceptors (Lipinski definition) is 5. The summed E-state index contributed by atoms with van der Waals surface area (Å²) in [6.07, 6.45) is 2.07. The smallest absolute Gasteiger partial charge is 0.223 e. The lowest BCUT2D eigenvalue weighted by Gasteiger charge is -2.21. The van der Waals surface area contributed by atoms with Gasteiger partial charge in [-0.25, -0.2) is 9.97 Å². The summed E-state index contributed by atoms with van der Waals surface area (Å²) < 4.78 is 5.31. The first-order valence-electron chi connectivity index (χ1n) is 5.21. The van der Waals surface area contributed by atoms with E-state index in [4.69, 9.17) is 22.1 Å². The number of nitrogen functional groups attached to an aromatic ring is 1. The third kappa shape index (κ3) is 2.78. The lowest BCUT2D eigenvalue weighted by atomic mass is 10.2. The quantitative estimate of drug-likeness (QED) is 0.652. The molecule has 1 aromatic rings. The van der Waals surface area contributed by atoms with E-state index in [9.17, 15) is 0 Å². The topological polar surface area (TPSA) is 61.0 Å². The number of rotatable bonds is 2. The first kappa shape index (κ1) is 12.0. The Morgan fingerprint density at radius 2 is 2.06 bits per heavy atom. The largest absolute Gasteiger partial charge is 0.395 e. The molecular weight excluding hydrogens is 246 g/mol. The van der Waals surface area contributed by atoms with Gasteiger partial charge in [0.15, 0.2) is 0 Å². The summed E-state index contributed by atoms with van der Waals surface area (Å²) in [5, 5.41) is 1.58. The van der Waals surface area contributed by atoms with Crippen molar-refractivity contribution >= 4 is 29.1 Å². The number of ether oxygens (including phenoxy) is 1. The molecule has 0 spiro atoms. The van der Waals surface area contributed by atoms with E-state index in [0.717, 1.165) is 36.8 Å². The van der Waals surface area contributed by atoms with Crippen LogP contribution in [0.3, 0.4) is 0 Å². The molecule has 1 fully saturated rings. The van der Waals surface area contributed by atoms with Crippen LogP contribution < -0.4 is 5.73 Å². The van der Waals surface area contributed by atoms with E-state index < -0.39 is 0 Å². The minimum atomic E-state index is 0.265. The summed E-state index contributed by atoms with van der Waals surface area (Å²) in [7, 11) is 0. The molecule has 1 aliphatic rings. The standard InChI is InChI=1S/C10H14ClN3OS/c1-6-8(12)9(14-10(11)13-6)16-7-2-4-15-5-3-7/h7H,2-5,12H2,1H3. The number of aromatic nitrogens is 2. The van der Waals surface area contributed by atoms with Gasteiger partial charge in [0.1, 0.15) is 5.03 Å². The van der Waals surface area contributed by atoms with Gasteiger partial charge < -0.3 is 10.5 Å². The monoisotopic (exact) mass is 259 g/mol. The van der Waals surface area contributed by atoms with Gasteiger partial charge in [0, 0.05) is 18.5 Å². The zero-order chi connectivity index (χ0) is 11.5. The summed E-state index contributed by atoms with van der Waals surface area (Å²) in [4.78, 5) is 8.20. The molecule has 0 radical (unpaired) electrons. The Hall–Kier alpha value is -0.520. The molecule has 1 aromatic heterocycles. The van der Waals surface area contributed by atoms with E-state index in [2.05, 4.69) is 9.97 Å². The van der Waals surface area contributed by atoms with E-state index in [1.54, 1.807) is 11.8 Å². The minimum Gasteiger partial charge on any atom is -0.395 e. The molecule has 4 nitrogen and oxygen atoms in total. The molecule has 6 heteroatoms. The molecule has 0 atom stereocenters. The van der Waals surface area contributed by atoms with Crippen molar-refractivity contribution in [3.8, 4) is 0 Å². The second-order valence-corrected chi connectivity index (χ2v) is 5.35. The Bertz CT molecular complexity index is 383. The second-order valence-electron chi connectivity index (χ2n) is 3.73. The van der Waals surface area contributed by atoms with Crippen LogP contribution in [0.1, 0.15) is 18.5 Å². The summed E-state index contributed by atoms with van der Waals surface area (Å²) >= 11 is 7.50. The fourth-order valence-corrected chi connectivity index (χ4v) is 2.98. The Kier molecular flexibility index (Phi) is 3.89. The zero-order valence-electron chi connectivity index (χ0n) is 9.07. The van der Waals surface area contributed by atoms with Crippen LogP contribution in [0, 0.1) is 6.92 Å². The fourth-order valence-electron chi connectivity index (χ4n) is 1.56. The SMILES string of the molecule is Cc1nc(Cl)nc(SC2CCOCC2)c1N. The number of aryl methyl sites for hydroxylation is 1. The zero-order valence-corrected chi connectivity index (χ0v) is 10.6. The molecule has 0 aliphatic carbocycles. The van der Waals surface area contributed by atoms with Crippen molar-refractivity contribution in [1.29, 1.82) is 0 Å². The maximum absolute atomic E-state index is 5.93. The van der Waals surface area contributed by atoms with Crippen molar-refractivity contribution in [2.24, 2.45) is 0 Å². The normalized spacial score (nSPS) is 17.6. The van der Waals surface area contributed by atoms with Gasteiger partial charge in [0.05, 0.1) is 11.4 Å². The maximum atomic E-state index is 5.93. The Morgan fingerprint density at radius 3 is 2.75 bits per heavy atom. The summed E-state index contributed by atoms with van der Waals surface area (Å²) in [6.45, 7) is 3.47. The fraction of sp³-hybridized carbons (Fsp3) is 0.600. The second kappa shape index (κ2) is 5.21. The molecule has 2 rings (SSSR count). The minimum absolute atomic E-state index is 0.265. The molecule has 2 N–H and O–H groups in total. The van der Waals surface area contributed by atoms with E-state index >= 15 is 0 Å². The number of halogens is 1. The number of hydrogen-bond donors (Lipinski definition) is 1. The van der Waals surface area contributed by atoms with Gasteiger partial charge >= 0.3 is 0 Å². The average molecular weight is 260 g/mol. The van der Waals surface area contributed by atoms with Crippen molar-refractivity contribution < 1.29 is 4.74 Å². The Balaban J connectivity index is 2.13. The van der Waals surface area contributed by atoms with Crippen LogP contribution in [0.5, 0.6) is 0 Å². The van der Waals surface area contributed by atoms with Crippen LogP contribution in [0.15, 0.2) is 5.03 Å². The van der Waals surface area contributed by atoms with E-state index in [1.807, 2.05) is 6.92 Å². The highest BCUT2D eigenvalue weighted by Crippen LogP contribution is 2.33. The van der Waals surface area contributed by atoms with Gasteiger partial charge in [-0.3, -0.25) is 0 Å². The van der Waals surface area contributed by atoms with Gasteiger partial charge in [0.25, 0.3) is 0 Å². The van der Waals surface area contributed by atoms with E-state index in [1.165, 1.54) is 0 Å². The highest BCUT2D eigenvalue weighted by atomic mass is 35.5. The highest BCUT2D eigenvalue weighted by molar-refractivity contribution is 8.00. The van der Waals surface area contributed by atoms with Crippen molar-refractivity contribution in [3.05, 3.63) is 11.0 Å². The van der Waals surface area contributed by atoms with Gasteiger partial charge in [-0.05, 0) is 31.4 Å². The number of nitrogens with two attached hydrogens (primary N) is 1. The molecule has 2 heterocycles. The average Bonchev–Trinajstić information content (AvgIpc) is 2.27. The van der Waals surface area contributed by atoms with Gasteiger partial charge in [-0.15, -0.1) is 11.8 Å². The molecule has 16 heavy (non-hydrogen) atoms. The number of thioether (sulfide) groups is 1. The van der Waals surface area contributed by atoms with Crippen molar-refractivity contribution in [1.82, 2.24) is 9.97 Å². The van der Waals surface area contributed by atoms with Crippen LogP contribution >= 0.6 is 23.4 Å². The predicted octanol–water partition coefficient (Wildman–Crippen LogP) is 2.29. The molecule has 0 aromatic carbocycles. The number of anilines is 1. The third-order valence-corrected chi connectivity index (χ3v) is 4.03. The first-order chi connectivity index (χ1) is 7.66. The van der Waals surface area contributed by atoms with Gasteiger partial charge in [-0.1, -0.05) is 0 Å². The molecule has 0 bridgehead atoms. The van der Waals surface area contributed by atoms with Crippen LogP contribution in [0.4, 0.5) is 5.69 Å². The molecule has 1 saturated heterocycles. The van der Waals surface area contributed by atoms with Crippen LogP contribution in [0.2, 0.25) is 5.28 Å². The van der Waals surface area contributed by atoms with Gasteiger partial charge in [-0.2, -0.15) is 0 Å². The first-order valence-corrected chi connectivity index (χ1v) is 6.46. The summed E-state index contributed by atoms with van der Waals surface area (Å²) in [6, 6.07) is 0. The van der Waals surface area contributed by atoms with Crippen molar-refractivity contribution in [3.63, 3.8) is 0 Å². The number of nitrogens with zero attached hydrogens (tertiary/aromatic N) is 2. The maximum Gasteiger partial charge on any atom is 0.223 e. The summed E-state index contributed by atoms with van der Waals surface area (Å²) in [5.41, 5.74) is 7.32. The van der Waals surface area contributed by atoms with Crippen molar-refractivity contribution in [2.45, 2.75) is 30.0 Å². The van der Waals surface area contributed by atoms with E-state index in [-0.39, 0.29) is 5.28 Å². The highest BCUT2D eigenvalue weighted by Gasteiger charge is 2.18. The van der Waals surface area contributed by atoms with Crippen LogP contribution in [-0.4, -0.2) is 28.4 Å². The van der Waals surface area contributed by atoms with E-state index in [0.29, 0.717) is 10.9 Å². The lowest BCUT2D eigenvalue weighted by Crippen LogP contribution is -2.18. The predicted molar refractivity (Wildman–Crippen MR) is 65.9 cm³/mol. The molecular formula is C10H14ClN3OS. The summed E-state index contributed by atoms with van der Waals surface area (Å²) in [5.74, 6) is 0. The lowest BCUT2D eigenvalue weighted by molar-refractivity contribution is 0.1000. The molecule has 1 aliphatic heterocycles.